The molecule has 1 heterocycles. The number of benzene rings is 3. The molecule has 0 spiro atoms. The maximum absolute atomic E-state index is 12.2. The molecular weight excluding hydrogens is 478 g/mol. The van der Waals surface area contributed by atoms with Crippen LogP contribution < -0.4 is 24.3 Å². The number of amides is 1. The lowest BCUT2D eigenvalue weighted by atomic mass is 10.0. The SMILES string of the molecule is COc1cc(C2Oc3ccc(/C=C/C(=O)NCCc4ccc(O)cc4)cc3OC2CO)cc(OC)c1O. The Morgan fingerprint density at radius 1 is 0.973 bits per heavy atom. The Hall–Kier alpha value is -4.37. The van der Waals surface area contributed by atoms with Crippen LogP contribution in [0.3, 0.4) is 0 Å². The van der Waals surface area contributed by atoms with Gasteiger partial charge in [0, 0.05) is 18.2 Å². The van der Waals surface area contributed by atoms with Crippen LogP contribution in [0.15, 0.2) is 60.7 Å². The van der Waals surface area contributed by atoms with Crippen LogP contribution >= 0.6 is 0 Å². The van der Waals surface area contributed by atoms with E-state index in [4.69, 9.17) is 18.9 Å². The van der Waals surface area contributed by atoms with Gasteiger partial charge in [-0.2, -0.15) is 0 Å². The quantitative estimate of drug-likeness (QED) is 0.325. The van der Waals surface area contributed by atoms with Crippen LogP contribution in [-0.4, -0.2) is 54.7 Å². The Morgan fingerprint density at radius 2 is 1.68 bits per heavy atom. The zero-order valence-electron chi connectivity index (χ0n) is 20.5. The van der Waals surface area contributed by atoms with Crippen molar-refractivity contribution in [2.24, 2.45) is 0 Å². The molecule has 0 saturated heterocycles. The van der Waals surface area contributed by atoms with Crippen molar-refractivity contribution in [2.45, 2.75) is 18.6 Å². The number of phenols is 2. The standard InChI is InChI=1S/C28H29NO8/c1-34-23-14-19(15-24(35-2)27(23)33)28-25(16-30)36-22-13-18(5-9-21(22)37-28)6-10-26(32)29-12-11-17-3-7-20(31)8-4-17/h3-10,13-15,25,28,30-31,33H,11-12,16H2,1-2H3,(H,29,32)/b10-6+. The topological polar surface area (TPSA) is 127 Å². The average molecular weight is 508 g/mol. The second kappa shape index (κ2) is 11.6. The first kappa shape index (κ1) is 25.7. The van der Waals surface area contributed by atoms with Gasteiger partial charge in [0.05, 0.1) is 20.8 Å². The molecule has 0 radical (unpaired) electrons. The van der Waals surface area contributed by atoms with Crippen molar-refractivity contribution >= 4 is 12.0 Å². The van der Waals surface area contributed by atoms with Gasteiger partial charge in [-0.1, -0.05) is 18.2 Å². The van der Waals surface area contributed by atoms with E-state index in [0.29, 0.717) is 30.0 Å². The smallest absolute Gasteiger partial charge is 0.244 e. The zero-order chi connectivity index (χ0) is 26.4. The average Bonchev–Trinajstić information content (AvgIpc) is 2.92. The van der Waals surface area contributed by atoms with Crippen molar-refractivity contribution in [3.05, 3.63) is 77.4 Å². The van der Waals surface area contributed by atoms with E-state index in [1.165, 1.54) is 20.3 Å². The van der Waals surface area contributed by atoms with Crippen LogP contribution in [0.25, 0.3) is 6.08 Å². The van der Waals surface area contributed by atoms with Gasteiger partial charge in [-0.15, -0.1) is 0 Å². The van der Waals surface area contributed by atoms with E-state index >= 15 is 0 Å². The van der Waals surface area contributed by atoms with Gasteiger partial charge >= 0.3 is 0 Å². The number of fused-ring (bicyclic) bond motifs is 1. The molecule has 4 rings (SSSR count). The maximum Gasteiger partial charge on any atom is 0.244 e. The highest BCUT2D eigenvalue weighted by Gasteiger charge is 2.34. The number of methoxy groups -OCH3 is 2. The molecule has 9 heteroatoms. The summed E-state index contributed by atoms with van der Waals surface area (Å²) >= 11 is 0. The number of hydrogen-bond acceptors (Lipinski definition) is 8. The number of ether oxygens (including phenoxy) is 4. The fourth-order valence-corrected chi connectivity index (χ4v) is 3.97. The number of aliphatic hydroxyl groups excluding tert-OH is 1. The number of phenolic OH excluding ortho intramolecular Hbond substituents is 2. The molecule has 37 heavy (non-hydrogen) atoms. The van der Waals surface area contributed by atoms with E-state index in [1.54, 1.807) is 48.5 Å². The largest absolute Gasteiger partial charge is 0.508 e. The summed E-state index contributed by atoms with van der Waals surface area (Å²) in [6, 6.07) is 15.3. The molecule has 0 aromatic heterocycles. The summed E-state index contributed by atoms with van der Waals surface area (Å²) in [4.78, 5) is 12.2. The molecule has 0 aliphatic carbocycles. The molecule has 0 bridgehead atoms. The monoisotopic (exact) mass is 507 g/mol. The van der Waals surface area contributed by atoms with Gasteiger partial charge < -0.3 is 39.6 Å². The lowest BCUT2D eigenvalue weighted by Gasteiger charge is -2.33. The minimum absolute atomic E-state index is 0.132. The molecule has 3 aromatic carbocycles. The van der Waals surface area contributed by atoms with E-state index in [9.17, 15) is 20.1 Å². The van der Waals surface area contributed by atoms with Crippen molar-refractivity contribution in [1.29, 1.82) is 0 Å². The summed E-state index contributed by atoms with van der Waals surface area (Å²) in [6.45, 7) is 0.139. The van der Waals surface area contributed by atoms with Gasteiger partial charge in [0.15, 0.2) is 35.2 Å². The predicted octanol–water partition coefficient (Wildman–Crippen LogP) is 3.36. The Kier molecular flexibility index (Phi) is 8.05. The van der Waals surface area contributed by atoms with E-state index in [0.717, 1.165) is 11.1 Å². The van der Waals surface area contributed by atoms with E-state index in [-0.39, 0.29) is 35.5 Å². The molecule has 9 nitrogen and oxygen atoms in total. The van der Waals surface area contributed by atoms with Crippen LogP contribution in [-0.2, 0) is 11.2 Å². The van der Waals surface area contributed by atoms with Gasteiger partial charge in [-0.25, -0.2) is 0 Å². The third-order valence-electron chi connectivity index (χ3n) is 5.92. The number of carbonyl (C=O) groups is 1. The van der Waals surface area contributed by atoms with Gasteiger partial charge in [-0.3, -0.25) is 4.79 Å². The first-order valence-corrected chi connectivity index (χ1v) is 11.7. The fourth-order valence-electron chi connectivity index (χ4n) is 3.97. The third kappa shape index (κ3) is 6.07. The highest BCUT2D eigenvalue weighted by Crippen LogP contribution is 2.44. The fraction of sp³-hybridized carbons (Fsp3) is 0.250. The number of aromatic hydroxyl groups is 2. The highest BCUT2D eigenvalue weighted by atomic mass is 16.6. The van der Waals surface area contributed by atoms with Crippen molar-refractivity contribution in [3.8, 4) is 34.5 Å². The Bertz CT molecular complexity index is 1250. The Labute approximate surface area is 214 Å². The van der Waals surface area contributed by atoms with Crippen LogP contribution in [0.4, 0.5) is 0 Å². The van der Waals surface area contributed by atoms with Crippen molar-refractivity contribution < 1.29 is 39.1 Å². The number of rotatable bonds is 9. The van der Waals surface area contributed by atoms with Crippen molar-refractivity contribution in [2.75, 3.05) is 27.4 Å². The molecule has 2 unspecified atom stereocenters. The number of carbonyl (C=O) groups excluding carboxylic acids is 1. The molecule has 3 aromatic rings. The van der Waals surface area contributed by atoms with Crippen LogP contribution in [0, 0.1) is 0 Å². The van der Waals surface area contributed by atoms with E-state index in [2.05, 4.69) is 5.32 Å². The molecule has 0 fully saturated rings. The molecule has 194 valence electrons. The lowest BCUT2D eigenvalue weighted by molar-refractivity contribution is -0.116. The number of aliphatic hydroxyl groups is 1. The predicted molar refractivity (Wildman–Crippen MR) is 136 cm³/mol. The van der Waals surface area contributed by atoms with Crippen molar-refractivity contribution in [1.82, 2.24) is 5.32 Å². The summed E-state index contributed by atoms with van der Waals surface area (Å²) < 4.78 is 22.6. The summed E-state index contributed by atoms with van der Waals surface area (Å²) in [6.07, 6.45) is 2.33. The van der Waals surface area contributed by atoms with Crippen LogP contribution in [0.2, 0.25) is 0 Å². The zero-order valence-corrected chi connectivity index (χ0v) is 20.5. The number of hydrogen-bond donors (Lipinski definition) is 4. The molecule has 4 N–H and O–H groups in total. The van der Waals surface area contributed by atoms with E-state index < -0.39 is 12.2 Å². The normalized spacial score (nSPS) is 16.4. The minimum atomic E-state index is -0.728. The molecule has 1 amide bonds. The number of nitrogens with one attached hydrogen (secondary N) is 1. The van der Waals surface area contributed by atoms with Crippen LogP contribution in [0.1, 0.15) is 22.8 Å². The van der Waals surface area contributed by atoms with Crippen LogP contribution in [0.5, 0.6) is 34.5 Å². The third-order valence-corrected chi connectivity index (χ3v) is 5.92. The Balaban J connectivity index is 1.42. The van der Waals surface area contributed by atoms with Gasteiger partial charge in [0.25, 0.3) is 0 Å². The maximum atomic E-state index is 12.2. The first-order chi connectivity index (χ1) is 17.9. The summed E-state index contributed by atoms with van der Waals surface area (Å²) in [5.74, 6) is 1.16. The van der Waals surface area contributed by atoms with E-state index in [1.807, 2.05) is 12.1 Å². The van der Waals surface area contributed by atoms with Gasteiger partial charge in [0.1, 0.15) is 5.75 Å². The summed E-state index contributed by atoms with van der Waals surface area (Å²) in [7, 11) is 2.86. The lowest BCUT2D eigenvalue weighted by Crippen LogP contribution is -2.36. The molecule has 1 aliphatic rings. The first-order valence-electron chi connectivity index (χ1n) is 11.7. The molecule has 0 saturated carbocycles. The second-order valence-corrected chi connectivity index (χ2v) is 8.40. The Morgan fingerprint density at radius 3 is 2.32 bits per heavy atom. The second-order valence-electron chi connectivity index (χ2n) is 8.40. The van der Waals surface area contributed by atoms with Gasteiger partial charge in [-0.05, 0) is 60.0 Å². The summed E-state index contributed by atoms with van der Waals surface area (Å²) in [5, 5.41) is 32.4. The highest BCUT2D eigenvalue weighted by molar-refractivity contribution is 5.91. The van der Waals surface area contributed by atoms with Crippen molar-refractivity contribution in [3.63, 3.8) is 0 Å². The summed E-state index contributed by atoms with van der Waals surface area (Å²) in [5.41, 5.74) is 2.33. The minimum Gasteiger partial charge on any atom is -0.508 e. The molecular formula is C28H29NO8. The molecule has 1 aliphatic heterocycles. The van der Waals surface area contributed by atoms with Gasteiger partial charge in [0.2, 0.25) is 11.7 Å². The molecule has 2 atom stereocenters.